The average Bonchev–Trinajstić information content (AvgIpc) is 3.10. The van der Waals surface area contributed by atoms with E-state index in [4.69, 9.17) is 4.74 Å². The maximum Gasteiger partial charge on any atom is 0.322 e. The molecule has 0 unspecified atom stereocenters. The lowest BCUT2D eigenvalue weighted by molar-refractivity contribution is 0.0499. The highest BCUT2D eigenvalue weighted by atomic mass is 16.5. The number of H-pyrrole nitrogens is 1. The Morgan fingerprint density at radius 2 is 2.31 bits per heavy atom. The van der Waals surface area contributed by atoms with E-state index < -0.39 is 5.60 Å². The number of rotatable bonds is 2. The van der Waals surface area contributed by atoms with Crippen molar-refractivity contribution >= 4 is 17.5 Å². The van der Waals surface area contributed by atoms with Gasteiger partial charge in [-0.3, -0.25) is 9.89 Å². The van der Waals surface area contributed by atoms with Crippen LogP contribution < -0.4 is 10.1 Å². The fraction of sp³-hybridized carbons (Fsp3) is 0.421. The molecule has 0 saturated heterocycles. The predicted molar refractivity (Wildman–Crippen MR) is 96.4 cm³/mol. The third-order valence-electron chi connectivity index (χ3n) is 5.26. The van der Waals surface area contributed by atoms with Crippen molar-refractivity contribution in [1.29, 1.82) is 0 Å². The second-order valence-corrected chi connectivity index (χ2v) is 7.19. The first-order valence-corrected chi connectivity index (χ1v) is 8.91. The Hall–Kier alpha value is -2.83. The molecule has 0 bridgehead atoms. The second kappa shape index (κ2) is 6.16. The van der Waals surface area contributed by atoms with Gasteiger partial charge in [-0.15, -0.1) is 0 Å². The van der Waals surface area contributed by atoms with Crippen molar-refractivity contribution in [2.45, 2.75) is 45.3 Å². The Bertz CT molecular complexity index is 875. The first-order valence-electron chi connectivity index (χ1n) is 8.91. The maximum atomic E-state index is 12.6. The minimum absolute atomic E-state index is 0.0488. The number of fused-ring (bicyclic) bond motifs is 2. The number of benzene rings is 1. The second-order valence-electron chi connectivity index (χ2n) is 7.19. The van der Waals surface area contributed by atoms with E-state index in [9.17, 15) is 9.59 Å². The molecule has 136 valence electrons. The number of ether oxygens (including phenoxy) is 1. The largest absolute Gasteiger partial charge is 0.486 e. The molecule has 1 aromatic heterocycles. The highest BCUT2D eigenvalue weighted by Crippen LogP contribution is 2.36. The number of amides is 2. The Morgan fingerprint density at radius 1 is 1.46 bits per heavy atom. The highest BCUT2D eigenvalue weighted by molar-refractivity contribution is 6.02. The summed E-state index contributed by atoms with van der Waals surface area (Å²) >= 11 is 0. The van der Waals surface area contributed by atoms with E-state index in [1.165, 1.54) is 0 Å². The number of carbonyl (C=O) groups is 2. The Morgan fingerprint density at radius 3 is 3.12 bits per heavy atom. The molecule has 3 heterocycles. The van der Waals surface area contributed by atoms with E-state index in [2.05, 4.69) is 15.5 Å². The molecule has 7 heteroatoms. The van der Waals surface area contributed by atoms with Crippen molar-refractivity contribution in [3.63, 3.8) is 0 Å². The zero-order chi connectivity index (χ0) is 18.3. The summed E-state index contributed by atoms with van der Waals surface area (Å²) in [5.74, 6) is 0.636. The van der Waals surface area contributed by atoms with Crippen LogP contribution in [0, 0.1) is 0 Å². The first-order chi connectivity index (χ1) is 12.5. The van der Waals surface area contributed by atoms with Crippen LogP contribution in [0.25, 0.3) is 0 Å². The van der Waals surface area contributed by atoms with Crippen molar-refractivity contribution in [1.82, 2.24) is 15.1 Å². The predicted octanol–water partition coefficient (Wildman–Crippen LogP) is 3.13. The molecule has 0 spiro atoms. The molecular weight excluding hydrogens is 332 g/mol. The maximum absolute atomic E-state index is 12.6. The molecule has 2 aliphatic rings. The third-order valence-corrected chi connectivity index (χ3v) is 5.26. The van der Waals surface area contributed by atoms with Gasteiger partial charge < -0.3 is 15.0 Å². The average molecular weight is 354 g/mol. The number of urea groups is 1. The summed E-state index contributed by atoms with van der Waals surface area (Å²) in [7, 11) is 0. The molecule has 0 fully saturated rings. The van der Waals surface area contributed by atoms with Gasteiger partial charge in [-0.1, -0.05) is 6.92 Å². The van der Waals surface area contributed by atoms with E-state index in [0.29, 0.717) is 36.5 Å². The summed E-state index contributed by atoms with van der Waals surface area (Å²) in [4.78, 5) is 26.8. The van der Waals surface area contributed by atoms with Gasteiger partial charge in [0, 0.05) is 29.9 Å². The summed E-state index contributed by atoms with van der Waals surface area (Å²) in [6, 6.07) is 5.07. The number of Topliss-reactive ketones (excluding diaryl/α,β-unsaturated/α-hetero) is 1. The van der Waals surface area contributed by atoms with Gasteiger partial charge in [-0.2, -0.15) is 5.10 Å². The van der Waals surface area contributed by atoms with Crippen LogP contribution >= 0.6 is 0 Å². The van der Waals surface area contributed by atoms with Gasteiger partial charge in [0.15, 0.2) is 5.78 Å². The van der Waals surface area contributed by atoms with Crippen molar-refractivity contribution in [2.24, 2.45) is 0 Å². The minimum atomic E-state index is -0.453. The Labute approximate surface area is 151 Å². The molecule has 2 N–H and O–H groups in total. The van der Waals surface area contributed by atoms with Crippen LogP contribution in [-0.2, 0) is 13.0 Å². The summed E-state index contributed by atoms with van der Waals surface area (Å²) in [5, 5.41) is 9.87. The van der Waals surface area contributed by atoms with E-state index >= 15 is 0 Å². The SMILES string of the molecule is CC[C@@]1(C)CC(=O)c2cc(NC(=O)N3CCc4[nH]ncc4C3)ccc2O1. The van der Waals surface area contributed by atoms with Crippen LogP contribution in [0.1, 0.15) is 48.3 Å². The molecule has 0 saturated carbocycles. The van der Waals surface area contributed by atoms with Crippen LogP contribution in [0.2, 0.25) is 0 Å². The van der Waals surface area contributed by atoms with Gasteiger partial charge in [-0.25, -0.2) is 4.79 Å². The van der Waals surface area contributed by atoms with Gasteiger partial charge >= 0.3 is 6.03 Å². The number of hydrogen-bond donors (Lipinski definition) is 2. The quantitative estimate of drug-likeness (QED) is 0.867. The minimum Gasteiger partial charge on any atom is -0.486 e. The Kier molecular flexibility index (Phi) is 3.94. The lowest BCUT2D eigenvalue weighted by atomic mass is 9.89. The van der Waals surface area contributed by atoms with Crippen LogP contribution in [0.15, 0.2) is 24.4 Å². The number of nitrogens with one attached hydrogen (secondary N) is 2. The summed E-state index contributed by atoms with van der Waals surface area (Å²) < 4.78 is 5.99. The number of anilines is 1. The number of nitrogens with zero attached hydrogens (tertiary/aromatic N) is 2. The van der Waals surface area contributed by atoms with Crippen molar-refractivity contribution < 1.29 is 14.3 Å². The number of carbonyl (C=O) groups excluding carboxylic acids is 2. The van der Waals surface area contributed by atoms with Crippen LogP contribution in [0.3, 0.4) is 0 Å². The molecular formula is C19H22N4O3. The summed E-state index contributed by atoms with van der Waals surface area (Å²) in [5.41, 5.74) is 2.81. The number of hydrogen-bond acceptors (Lipinski definition) is 4. The molecule has 1 atom stereocenters. The zero-order valence-corrected chi connectivity index (χ0v) is 15.0. The van der Waals surface area contributed by atoms with E-state index in [0.717, 1.165) is 24.1 Å². The topological polar surface area (TPSA) is 87.3 Å². The molecule has 7 nitrogen and oxygen atoms in total. The lowest BCUT2D eigenvalue weighted by Crippen LogP contribution is -2.39. The molecule has 4 rings (SSSR count). The summed E-state index contributed by atoms with van der Waals surface area (Å²) in [6.45, 7) is 5.11. The number of aromatic amines is 1. The molecule has 1 aromatic carbocycles. The molecule has 26 heavy (non-hydrogen) atoms. The third kappa shape index (κ3) is 2.94. The fourth-order valence-electron chi connectivity index (χ4n) is 3.45. The highest BCUT2D eigenvalue weighted by Gasteiger charge is 2.35. The zero-order valence-electron chi connectivity index (χ0n) is 15.0. The van der Waals surface area contributed by atoms with E-state index in [1.54, 1.807) is 29.3 Å². The fourth-order valence-corrected chi connectivity index (χ4v) is 3.45. The van der Waals surface area contributed by atoms with Gasteiger partial charge in [0.2, 0.25) is 0 Å². The molecule has 0 aliphatic carbocycles. The van der Waals surface area contributed by atoms with Gasteiger partial charge in [0.25, 0.3) is 0 Å². The van der Waals surface area contributed by atoms with Crippen molar-refractivity contribution in [3.05, 3.63) is 41.2 Å². The lowest BCUT2D eigenvalue weighted by Gasteiger charge is -2.34. The van der Waals surface area contributed by atoms with Crippen LogP contribution in [0.4, 0.5) is 10.5 Å². The smallest absolute Gasteiger partial charge is 0.322 e. The van der Waals surface area contributed by atoms with Crippen LogP contribution in [-0.4, -0.2) is 39.1 Å². The molecule has 2 amide bonds. The molecule has 2 aliphatic heterocycles. The van der Waals surface area contributed by atoms with E-state index in [1.807, 2.05) is 13.8 Å². The van der Waals surface area contributed by atoms with Crippen molar-refractivity contribution in [2.75, 3.05) is 11.9 Å². The Balaban J connectivity index is 1.49. The molecule has 0 radical (unpaired) electrons. The van der Waals surface area contributed by atoms with E-state index in [-0.39, 0.29) is 11.8 Å². The monoisotopic (exact) mass is 354 g/mol. The van der Waals surface area contributed by atoms with Gasteiger partial charge in [0.05, 0.1) is 24.7 Å². The number of aromatic nitrogens is 2. The first kappa shape index (κ1) is 16.6. The normalized spacial score (nSPS) is 21.6. The van der Waals surface area contributed by atoms with Gasteiger partial charge in [0.1, 0.15) is 11.4 Å². The van der Waals surface area contributed by atoms with Crippen LogP contribution in [0.5, 0.6) is 5.75 Å². The number of ketones is 1. The molecule has 2 aromatic rings. The summed E-state index contributed by atoms with van der Waals surface area (Å²) in [6.07, 6.45) is 3.63. The van der Waals surface area contributed by atoms with Gasteiger partial charge in [-0.05, 0) is 31.5 Å². The van der Waals surface area contributed by atoms with Crippen molar-refractivity contribution in [3.8, 4) is 5.75 Å². The standard InChI is InChI=1S/C19H22N4O3/c1-3-19(2)9-16(24)14-8-13(4-5-17(14)26-19)21-18(25)23-7-6-15-12(11-23)10-20-22-15/h4-5,8,10H,3,6-7,9,11H2,1-2H3,(H,20,22)(H,21,25)/t19-/m0/s1.